The van der Waals surface area contributed by atoms with Gasteiger partial charge < -0.3 is 14.2 Å². The predicted octanol–water partition coefficient (Wildman–Crippen LogP) is 2.57. The van der Waals surface area contributed by atoms with Crippen LogP contribution in [0.5, 0.6) is 0 Å². The fourth-order valence-corrected chi connectivity index (χ4v) is 1.33. The van der Waals surface area contributed by atoms with Crippen LogP contribution in [0.25, 0.3) is 11.5 Å². The van der Waals surface area contributed by atoms with Gasteiger partial charge in [-0.3, -0.25) is 4.79 Å². The Kier molecular flexibility index (Phi) is 3.10. The van der Waals surface area contributed by atoms with E-state index in [1.54, 1.807) is 12.3 Å². The van der Waals surface area contributed by atoms with Crippen LogP contribution in [0.1, 0.15) is 19.1 Å². The SMILES string of the molecule is CCC(=O)NCc1ccc(-c2ccco2)o1. The first-order valence-electron chi connectivity index (χ1n) is 5.19. The van der Waals surface area contributed by atoms with E-state index >= 15 is 0 Å². The van der Waals surface area contributed by atoms with Gasteiger partial charge in [0, 0.05) is 6.42 Å². The third-order valence-corrected chi connectivity index (χ3v) is 2.21. The molecule has 2 aromatic rings. The summed E-state index contributed by atoms with van der Waals surface area (Å²) in [6.45, 7) is 2.22. The molecule has 0 aliphatic carbocycles. The molecule has 0 spiro atoms. The second-order valence-electron chi connectivity index (χ2n) is 3.37. The fourth-order valence-electron chi connectivity index (χ4n) is 1.33. The Bertz CT molecular complexity index is 456. The normalized spacial score (nSPS) is 10.3. The van der Waals surface area contributed by atoms with Gasteiger partial charge in [0.05, 0.1) is 12.8 Å². The molecule has 0 fully saturated rings. The maximum Gasteiger partial charge on any atom is 0.220 e. The van der Waals surface area contributed by atoms with E-state index in [4.69, 9.17) is 8.83 Å². The van der Waals surface area contributed by atoms with Gasteiger partial charge in [0.25, 0.3) is 0 Å². The van der Waals surface area contributed by atoms with Crippen LogP contribution >= 0.6 is 0 Å². The second kappa shape index (κ2) is 4.70. The number of hydrogen-bond acceptors (Lipinski definition) is 3. The van der Waals surface area contributed by atoms with Crippen molar-refractivity contribution in [2.24, 2.45) is 0 Å². The highest BCUT2D eigenvalue weighted by Gasteiger charge is 2.07. The molecule has 4 nitrogen and oxygen atoms in total. The highest BCUT2D eigenvalue weighted by atomic mass is 16.4. The number of hydrogen-bond donors (Lipinski definition) is 1. The molecule has 4 heteroatoms. The standard InChI is InChI=1S/C12H13NO3/c1-2-12(14)13-8-9-5-6-11(16-9)10-4-3-7-15-10/h3-7H,2,8H2,1H3,(H,13,14). The third-order valence-electron chi connectivity index (χ3n) is 2.21. The summed E-state index contributed by atoms with van der Waals surface area (Å²) in [6, 6.07) is 7.28. The smallest absolute Gasteiger partial charge is 0.220 e. The van der Waals surface area contributed by atoms with Crippen molar-refractivity contribution < 1.29 is 13.6 Å². The molecule has 0 radical (unpaired) electrons. The minimum absolute atomic E-state index is 0.0101. The molecule has 2 heterocycles. The van der Waals surface area contributed by atoms with Crippen LogP contribution in [-0.4, -0.2) is 5.91 Å². The predicted molar refractivity (Wildman–Crippen MR) is 58.5 cm³/mol. The van der Waals surface area contributed by atoms with Gasteiger partial charge in [0.15, 0.2) is 11.5 Å². The summed E-state index contributed by atoms with van der Waals surface area (Å²) in [5.74, 6) is 2.09. The lowest BCUT2D eigenvalue weighted by Gasteiger charge is -1.99. The minimum Gasteiger partial charge on any atom is -0.461 e. The zero-order valence-corrected chi connectivity index (χ0v) is 9.03. The lowest BCUT2D eigenvalue weighted by atomic mass is 10.3. The van der Waals surface area contributed by atoms with Gasteiger partial charge in [-0.2, -0.15) is 0 Å². The van der Waals surface area contributed by atoms with Crippen molar-refractivity contribution in [1.29, 1.82) is 0 Å². The number of furan rings is 2. The van der Waals surface area contributed by atoms with E-state index in [9.17, 15) is 4.79 Å². The van der Waals surface area contributed by atoms with Gasteiger partial charge in [-0.15, -0.1) is 0 Å². The van der Waals surface area contributed by atoms with Gasteiger partial charge in [0.1, 0.15) is 5.76 Å². The highest BCUT2D eigenvalue weighted by Crippen LogP contribution is 2.22. The third kappa shape index (κ3) is 2.34. The van der Waals surface area contributed by atoms with E-state index in [-0.39, 0.29) is 5.91 Å². The average Bonchev–Trinajstić information content (AvgIpc) is 2.95. The zero-order chi connectivity index (χ0) is 11.4. The Balaban J connectivity index is 2.00. The summed E-state index contributed by atoms with van der Waals surface area (Å²) < 4.78 is 10.7. The van der Waals surface area contributed by atoms with Crippen LogP contribution in [0.4, 0.5) is 0 Å². The molecule has 0 atom stereocenters. The molecule has 0 aromatic carbocycles. The first-order chi connectivity index (χ1) is 7.79. The van der Waals surface area contributed by atoms with Gasteiger partial charge >= 0.3 is 0 Å². The number of carbonyl (C=O) groups excluding carboxylic acids is 1. The summed E-state index contributed by atoms with van der Waals surface area (Å²) >= 11 is 0. The van der Waals surface area contributed by atoms with Gasteiger partial charge in [0.2, 0.25) is 5.91 Å². The first-order valence-corrected chi connectivity index (χ1v) is 5.19. The average molecular weight is 219 g/mol. The van der Waals surface area contributed by atoms with Crippen LogP contribution < -0.4 is 5.32 Å². The number of amides is 1. The molecule has 0 unspecified atom stereocenters. The molecule has 1 amide bonds. The Morgan fingerprint density at radius 2 is 2.19 bits per heavy atom. The minimum atomic E-state index is 0.0101. The summed E-state index contributed by atoms with van der Waals surface area (Å²) in [5.41, 5.74) is 0. The van der Waals surface area contributed by atoms with Crippen LogP contribution in [0.3, 0.4) is 0 Å². The first kappa shape index (κ1) is 10.5. The molecule has 0 saturated heterocycles. The number of rotatable bonds is 4. The summed E-state index contributed by atoms with van der Waals surface area (Å²) in [6.07, 6.45) is 2.07. The van der Waals surface area contributed by atoms with Crippen molar-refractivity contribution in [3.63, 3.8) is 0 Å². The van der Waals surface area contributed by atoms with Crippen molar-refractivity contribution in [2.75, 3.05) is 0 Å². The molecule has 0 saturated carbocycles. The fraction of sp³-hybridized carbons (Fsp3) is 0.250. The lowest BCUT2D eigenvalue weighted by Crippen LogP contribution is -2.20. The topological polar surface area (TPSA) is 55.4 Å². The van der Waals surface area contributed by atoms with Gasteiger partial charge in [-0.25, -0.2) is 0 Å². The molecule has 2 rings (SSSR count). The highest BCUT2D eigenvalue weighted by molar-refractivity contribution is 5.75. The van der Waals surface area contributed by atoms with E-state index in [0.29, 0.717) is 30.2 Å². The summed E-state index contributed by atoms with van der Waals surface area (Å²) in [5, 5.41) is 2.74. The zero-order valence-electron chi connectivity index (χ0n) is 9.03. The van der Waals surface area contributed by atoms with E-state index in [1.165, 1.54) is 0 Å². The molecule has 0 aliphatic heterocycles. The maximum atomic E-state index is 11.0. The molecule has 16 heavy (non-hydrogen) atoms. The molecule has 0 bridgehead atoms. The van der Waals surface area contributed by atoms with Crippen molar-refractivity contribution in [3.05, 3.63) is 36.3 Å². The lowest BCUT2D eigenvalue weighted by molar-refractivity contribution is -0.121. The van der Waals surface area contributed by atoms with E-state index in [0.717, 1.165) is 0 Å². The molecule has 2 aromatic heterocycles. The van der Waals surface area contributed by atoms with Crippen molar-refractivity contribution in [3.8, 4) is 11.5 Å². The van der Waals surface area contributed by atoms with Gasteiger partial charge in [-0.1, -0.05) is 6.92 Å². The van der Waals surface area contributed by atoms with Crippen LogP contribution in [0.2, 0.25) is 0 Å². The monoisotopic (exact) mass is 219 g/mol. The van der Waals surface area contributed by atoms with E-state index in [1.807, 2.05) is 25.1 Å². The molecule has 1 N–H and O–H groups in total. The van der Waals surface area contributed by atoms with Gasteiger partial charge in [-0.05, 0) is 24.3 Å². The Labute approximate surface area is 93.2 Å². The number of carbonyl (C=O) groups is 1. The van der Waals surface area contributed by atoms with Crippen molar-refractivity contribution >= 4 is 5.91 Å². The maximum absolute atomic E-state index is 11.0. The molecule has 84 valence electrons. The van der Waals surface area contributed by atoms with E-state index < -0.39 is 0 Å². The summed E-state index contributed by atoms with van der Waals surface area (Å²) in [7, 11) is 0. The van der Waals surface area contributed by atoms with E-state index in [2.05, 4.69) is 5.32 Å². The largest absolute Gasteiger partial charge is 0.461 e. The van der Waals surface area contributed by atoms with Crippen molar-refractivity contribution in [2.45, 2.75) is 19.9 Å². The quantitative estimate of drug-likeness (QED) is 0.859. The Morgan fingerprint density at radius 3 is 2.88 bits per heavy atom. The number of nitrogens with one attached hydrogen (secondary N) is 1. The molecular weight excluding hydrogens is 206 g/mol. The van der Waals surface area contributed by atoms with Crippen molar-refractivity contribution in [1.82, 2.24) is 5.32 Å². The van der Waals surface area contributed by atoms with Crippen LogP contribution in [0, 0.1) is 0 Å². The Morgan fingerprint density at radius 1 is 1.31 bits per heavy atom. The Hall–Kier alpha value is -1.97. The molecule has 0 aliphatic rings. The summed E-state index contributed by atoms with van der Waals surface area (Å²) in [4.78, 5) is 11.0. The molecular formula is C12H13NO3. The van der Waals surface area contributed by atoms with Crippen LogP contribution in [0.15, 0.2) is 39.4 Å². The second-order valence-corrected chi connectivity index (χ2v) is 3.37. The van der Waals surface area contributed by atoms with Crippen LogP contribution in [-0.2, 0) is 11.3 Å².